The molecule has 0 amide bonds. The van der Waals surface area contributed by atoms with Gasteiger partial charge in [-0.25, -0.2) is 0 Å². The number of carbonyl (C=O) groups is 1. The second-order valence-corrected chi connectivity index (χ2v) is 3.13. The first-order valence-electron chi connectivity index (χ1n) is 3.70. The molecule has 0 heterocycles. The number of anilines is 1. The molecule has 0 saturated carbocycles. The van der Waals surface area contributed by atoms with Crippen molar-refractivity contribution in [2.75, 3.05) is 5.73 Å². The van der Waals surface area contributed by atoms with Crippen LogP contribution in [0, 0.1) is 0 Å². The lowest BCUT2D eigenvalue weighted by Gasteiger charge is -2.09. The van der Waals surface area contributed by atoms with Gasteiger partial charge >= 0.3 is 0 Å². The van der Waals surface area contributed by atoms with Crippen LogP contribution in [0.25, 0.3) is 0 Å². The summed E-state index contributed by atoms with van der Waals surface area (Å²) >= 11 is 3.76. The van der Waals surface area contributed by atoms with Crippen LogP contribution in [0.5, 0.6) is 0 Å². The van der Waals surface area contributed by atoms with E-state index in [0.29, 0.717) is 5.69 Å². The smallest absolute Gasteiger partial charge is 0.193 e. The highest BCUT2D eigenvalue weighted by Crippen LogP contribution is 2.23. The molecule has 0 bridgehead atoms. The minimum atomic E-state index is -0.227. The quantitative estimate of drug-likeness (QED) is 0.540. The topological polar surface area (TPSA) is 43.1 Å². The highest BCUT2D eigenvalue weighted by atomic mass is 32.1. The zero-order chi connectivity index (χ0) is 9.14. The van der Waals surface area contributed by atoms with E-state index in [2.05, 4.69) is 12.6 Å². The monoisotopic (exact) mass is 181 g/mol. The highest BCUT2D eigenvalue weighted by molar-refractivity contribution is 7.96. The van der Waals surface area contributed by atoms with Crippen molar-refractivity contribution in [3.8, 4) is 0 Å². The van der Waals surface area contributed by atoms with Gasteiger partial charge in [0.15, 0.2) is 5.12 Å². The third-order valence-electron chi connectivity index (χ3n) is 1.83. The Labute approximate surface area is 77.2 Å². The lowest BCUT2D eigenvalue weighted by molar-refractivity contribution is -0.111. The van der Waals surface area contributed by atoms with E-state index < -0.39 is 0 Å². The first-order chi connectivity index (χ1) is 5.63. The fourth-order valence-corrected chi connectivity index (χ4v) is 1.18. The Bertz CT molecular complexity index is 298. The van der Waals surface area contributed by atoms with Crippen LogP contribution < -0.4 is 5.73 Å². The predicted molar refractivity (Wildman–Crippen MR) is 53.3 cm³/mol. The van der Waals surface area contributed by atoms with E-state index in [-0.39, 0.29) is 11.0 Å². The van der Waals surface area contributed by atoms with E-state index in [9.17, 15) is 4.79 Å². The second kappa shape index (κ2) is 3.63. The van der Waals surface area contributed by atoms with Crippen LogP contribution in [0.1, 0.15) is 18.4 Å². The molecular weight excluding hydrogens is 170 g/mol. The lowest BCUT2D eigenvalue weighted by Crippen LogP contribution is -2.04. The number of hydrogen-bond donors (Lipinski definition) is 2. The number of rotatable bonds is 2. The van der Waals surface area contributed by atoms with Crippen LogP contribution >= 0.6 is 12.6 Å². The molecule has 0 aromatic heterocycles. The SMILES string of the molecule is C[C@H](C(=O)S)c1ccccc1N. The van der Waals surface area contributed by atoms with Crippen LogP contribution in [0.4, 0.5) is 5.69 Å². The van der Waals surface area contributed by atoms with Crippen molar-refractivity contribution in [3.05, 3.63) is 29.8 Å². The molecule has 2 nitrogen and oxygen atoms in total. The Hall–Kier alpha value is -0.960. The Kier molecular flexibility index (Phi) is 2.76. The molecule has 0 aliphatic carbocycles. The van der Waals surface area contributed by atoms with Gasteiger partial charge in [0.05, 0.1) is 5.92 Å². The summed E-state index contributed by atoms with van der Waals surface area (Å²) in [5, 5.41) is -0.159. The normalized spacial score (nSPS) is 12.5. The average molecular weight is 181 g/mol. The van der Waals surface area contributed by atoms with Gasteiger partial charge in [-0.05, 0) is 11.6 Å². The third-order valence-corrected chi connectivity index (χ3v) is 2.22. The van der Waals surface area contributed by atoms with Crippen molar-refractivity contribution in [2.24, 2.45) is 0 Å². The number of hydrogen-bond acceptors (Lipinski definition) is 2. The standard InChI is InChI=1S/C9H11NOS/c1-6(9(11)12)7-4-2-3-5-8(7)10/h2-6H,10H2,1H3,(H,11,12)/t6-/m0/s1. The zero-order valence-electron chi connectivity index (χ0n) is 6.82. The molecule has 64 valence electrons. The molecule has 0 saturated heterocycles. The third kappa shape index (κ3) is 1.80. The van der Waals surface area contributed by atoms with Gasteiger partial charge in [0.2, 0.25) is 0 Å². The van der Waals surface area contributed by atoms with Crippen molar-refractivity contribution < 1.29 is 4.79 Å². The predicted octanol–water partition coefficient (Wildman–Crippen LogP) is 1.83. The molecule has 0 aliphatic rings. The summed E-state index contributed by atoms with van der Waals surface area (Å²) in [6, 6.07) is 7.32. The second-order valence-electron chi connectivity index (χ2n) is 2.69. The maximum atomic E-state index is 10.9. The molecule has 3 heteroatoms. The molecule has 1 atom stereocenters. The molecule has 1 aromatic carbocycles. The van der Waals surface area contributed by atoms with E-state index in [1.807, 2.05) is 18.2 Å². The van der Waals surface area contributed by atoms with E-state index in [1.165, 1.54) is 0 Å². The van der Waals surface area contributed by atoms with Crippen LogP contribution in [0.2, 0.25) is 0 Å². The van der Waals surface area contributed by atoms with Crippen molar-refractivity contribution in [1.29, 1.82) is 0 Å². The first kappa shape index (κ1) is 9.13. The largest absolute Gasteiger partial charge is 0.398 e. The summed E-state index contributed by atoms with van der Waals surface area (Å²) in [5.41, 5.74) is 7.16. The summed E-state index contributed by atoms with van der Waals surface area (Å²) < 4.78 is 0. The van der Waals surface area contributed by atoms with E-state index >= 15 is 0 Å². The van der Waals surface area contributed by atoms with E-state index in [4.69, 9.17) is 5.73 Å². The van der Waals surface area contributed by atoms with Gasteiger partial charge in [-0.3, -0.25) is 4.79 Å². The first-order valence-corrected chi connectivity index (χ1v) is 4.15. The van der Waals surface area contributed by atoms with Gasteiger partial charge in [-0.1, -0.05) is 25.1 Å². The molecule has 0 fully saturated rings. The van der Waals surface area contributed by atoms with Gasteiger partial charge in [-0.15, -0.1) is 12.6 Å². The minimum Gasteiger partial charge on any atom is -0.398 e. The van der Waals surface area contributed by atoms with Gasteiger partial charge in [0.1, 0.15) is 0 Å². The molecule has 1 rings (SSSR count). The maximum Gasteiger partial charge on any atom is 0.193 e. The summed E-state index contributed by atoms with van der Waals surface area (Å²) in [5.74, 6) is -0.227. The molecule has 0 radical (unpaired) electrons. The Morgan fingerprint density at radius 2 is 2.08 bits per heavy atom. The van der Waals surface area contributed by atoms with Gasteiger partial charge in [0.25, 0.3) is 0 Å². The van der Waals surface area contributed by atoms with Crippen LogP contribution in [0.15, 0.2) is 24.3 Å². The van der Waals surface area contributed by atoms with Crippen LogP contribution in [-0.2, 0) is 4.79 Å². The fourth-order valence-electron chi connectivity index (χ4n) is 1.04. The van der Waals surface area contributed by atoms with Crippen molar-refractivity contribution >= 4 is 23.4 Å². The Morgan fingerprint density at radius 3 is 2.58 bits per heavy atom. The van der Waals surface area contributed by atoms with Gasteiger partial charge in [0, 0.05) is 5.69 Å². The number of para-hydroxylation sites is 1. The van der Waals surface area contributed by atoms with Crippen molar-refractivity contribution in [1.82, 2.24) is 0 Å². The van der Waals surface area contributed by atoms with Gasteiger partial charge < -0.3 is 5.73 Å². The summed E-state index contributed by atoms with van der Waals surface area (Å²) in [6.45, 7) is 1.79. The average Bonchev–Trinajstić information content (AvgIpc) is 2.04. The fraction of sp³-hybridized carbons (Fsp3) is 0.222. The molecule has 0 unspecified atom stereocenters. The molecule has 0 aliphatic heterocycles. The molecular formula is C9H11NOS. The number of nitrogen functional groups attached to an aromatic ring is 1. The molecule has 12 heavy (non-hydrogen) atoms. The van der Waals surface area contributed by atoms with Crippen LogP contribution in [-0.4, -0.2) is 5.12 Å². The molecule has 1 aromatic rings. The van der Waals surface area contributed by atoms with Crippen molar-refractivity contribution in [3.63, 3.8) is 0 Å². The van der Waals surface area contributed by atoms with Crippen molar-refractivity contribution in [2.45, 2.75) is 12.8 Å². The Balaban J connectivity index is 3.02. The van der Waals surface area contributed by atoms with Crippen LogP contribution in [0.3, 0.4) is 0 Å². The van der Waals surface area contributed by atoms with E-state index in [0.717, 1.165) is 5.56 Å². The van der Waals surface area contributed by atoms with E-state index in [1.54, 1.807) is 13.0 Å². The number of benzene rings is 1. The summed E-state index contributed by atoms with van der Waals surface area (Å²) in [7, 11) is 0. The number of nitrogens with two attached hydrogens (primary N) is 1. The lowest BCUT2D eigenvalue weighted by atomic mass is 10.0. The number of thiol groups is 1. The van der Waals surface area contributed by atoms with Gasteiger partial charge in [-0.2, -0.15) is 0 Å². The Morgan fingerprint density at radius 1 is 1.50 bits per heavy atom. The maximum absolute atomic E-state index is 10.9. The number of carbonyl (C=O) groups excluding carboxylic acids is 1. The molecule has 2 N–H and O–H groups in total. The summed E-state index contributed by atoms with van der Waals surface area (Å²) in [4.78, 5) is 10.9. The zero-order valence-corrected chi connectivity index (χ0v) is 7.71. The highest BCUT2D eigenvalue weighted by Gasteiger charge is 2.12. The minimum absolute atomic E-state index is 0.159. The molecule has 0 spiro atoms. The summed E-state index contributed by atoms with van der Waals surface area (Å²) in [6.07, 6.45) is 0.